The van der Waals surface area contributed by atoms with E-state index in [0.717, 1.165) is 11.3 Å². The summed E-state index contributed by atoms with van der Waals surface area (Å²) in [5.41, 5.74) is 1.78. The van der Waals surface area contributed by atoms with Crippen molar-refractivity contribution in [1.82, 2.24) is 5.32 Å². The van der Waals surface area contributed by atoms with Gasteiger partial charge < -0.3 is 10.6 Å². The number of benzene rings is 2. The zero-order valence-corrected chi connectivity index (χ0v) is 11.6. The summed E-state index contributed by atoms with van der Waals surface area (Å²) in [5.74, 6) is -0.275. The fourth-order valence-corrected chi connectivity index (χ4v) is 1.94. The highest BCUT2D eigenvalue weighted by atomic mass is 35.5. The van der Waals surface area contributed by atoms with E-state index in [1.165, 1.54) is 12.1 Å². The Kier molecular flexibility index (Phi) is 4.71. The van der Waals surface area contributed by atoms with Gasteiger partial charge in [-0.25, -0.2) is 4.39 Å². The summed E-state index contributed by atoms with van der Waals surface area (Å²) in [6.45, 7) is 0.577. The molecule has 0 aliphatic rings. The van der Waals surface area contributed by atoms with E-state index in [9.17, 15) is 4.39 Å². The van der Waals surface area contributed by atoms with Gasteiger partial charge in [0.2, 0.25) is 0 Å². The average Bonchev–Trinajstić information content (AvgIpc) is 2.39. The average molecular weight is 295 g/mol. The van der Waals surface area contributed by atoms with E-state index < -0.39 is 0 Å². The van der Waals surface area contributed by atoms with E-state index in [4.69, 9.17) is 23.8 Å². The Balaban J connectivity index is 1.86. The van der Waals surface area contributed by atoms with Crippen LogP contribution in [0.5, 0.6) is 0 Å². The minimum absolute atomic E-state index is 0.275. The van der Waals surface area contributed by atoms with Gasteiger partial charge in [0.15, 0.2) is 5.11 Å². The van der Waals surface area contributed by atoms with Crippen molar-refractivity contribution < 1.29 is 4.39 Å². The summed E-state index contributed by atoms with van der Waals surface area (Å²) < 4.78 is 12.7. The summed E-state index contributed by atoms with van der Waals surface area (Å²) in [6.07, 6.45) is 0. The molecule has 0 heterocycles. The number of hydrogen-bond acceptors (Lipinski definition) is 1. The molecule has 19 heavy (non-hydrogen) atoms. The summed E-state index contributed by atoms with van der Waals surface area (Å²) >= 11 is 11.0. The van der Waals surface area contributed by atoms with Crippen molar-refractivity contribution in [2.75, 3.05) is 5.32 Å². The Labute approximate surface area is 121 Å². The predicted octanol–water partition coefficient (Wildman–Crippen LogP) is 3.97. The first-order valence-corrected chi connectivity index (χ1v) is 6.47. The van der Waals surface area contributed by atoms with Gasteiger partial charge >= 0.3 is 0 Å². The molecule has 0 aromatic heterocycles. The van der Waals surface area contributed by atoms with Gasteiger partial charge in [0.1, 0.15) is 5.82 Å². The molecule has 0 radical (unpaired) electrons. The zero-order chi connectivity index (χ0) is 13.7. The summed E-state index contributed by atoms with van der Waals surface area (Å²) in [5, 5.41) is 7.20. The van der Waals surface area contributed by atoms with Crippen LogP contribution in [0.1, 0.15) is 5.56 Å². The molecule has 2 rings (SSSR count). The van der Waals surface area contributed by atoms with Crippen molar-refractivity contribution in [3.05, 3.63) is 64.9 Å². The lowest BCUT2D eigenvalue weighted by Crippen LogP contribution is -2.27. The topological polar surface area (TPSA) is 24.1 Å². The first-order valence-electron chi connectivity index (χ1n) is 5.68. The Hall–Kier alpha value is -1.65. The largest absolute Gasteiger partial charge is 0.358 e. The van der Waals surface area contributed by atoms with Crippen LogP contribution >= 0.6 is 23.8 Å². The fourth-order valence-electron chi connectivity index (χ4n) is 1.54. The van der Waals surface area contributed by atoms with E-state index in [2.05, 4.69) is 10.6 Å². The Morgan fingerprint density at radius 1 is 1.16 bits per heavy atom. The Morgan fingerprint density at radius 3 is 2.58 bits per heavy atom. The van der Waals surface area contributed by atoms with Crippen LogP contribution in [-0.4, -0.2) is 5.11 Å². The summed E-state index contributed by atoms with van der Waals surface area (Å²) in [4.78, 5) is 0. The fraction of sp³-hybridized carbons (Fsp3) is 0.0714. The van der Waals surface area contributed by atoms with E-state index in [0.29, 0.717) is 16.7 Å². The molecule has 0 aliphatic carbocycles. The second-order valence-electron chi connectivity index (χ2n) is 3.94. The highest BCUT2D eigenvalue weighted by Gasteiger charge is 1.99. The second-order valence-corrected chi connectivity index (χ2v) is 4.79. The molecule has 2 nitrogen and oxygen atoms in total. The van der Waals surface area contributed by atoms with Crippen LogP contribution in [0, 0.1) is 5.82 Å². The maximum absolute atomic E-state index is 12.7. The van der Waals surface area contributed by atoms with Gasteiger partial charge in [0.25, 0.3) is 0 Å². The molecule has 0 unspecified atom stereocenters. The van der Waals surface area contributed by atoms with Gasteiger partial charge in [-0.15, -0.1) is 0 Å². The highest BCUT2D eigenvalue weighted by molar-refractivity contribution is 7.80. The van der Waals surface area contributed by atoms with Gasteiger partial charge in [-0.2, -0.15) is 0 Å². The maximum atomic E-state index is 12.7. The first kappa shape index (κ1) is 13.8. The van der Waals surface area contributed by atoms with Crippen LogP contribution in [0.15, 0.2) is 48.5 Å². The number of hydrogen-bond donors (Lipinski definition) is 2. The smallest absolute Gasteiger partial charge is 0.171 e. The second kappa shape index (κ2) is 6.50. The molecule has 0 aliphatic heterocycles. The third-order valence-corrected chi connectivity index (χ3v) is 2.93. The van der Waals surface area contributed by atoms with Crippen molar-refractivity contribution in [3.8, 4) is 0 Å². The minimum Gasteiger partial charge on any atom is -0.358 e. The monoisotopic (exact) mass is 294 g/mol. The summed E-state index contributed by atoms with van der Waals surface area (Å²) in [6, 6.07) is 13.5. The van der Waals surface area contributed by atoms with Crippen molar-refractivity contribution >= 4 is 34.6 Å². The van der Waals surface area contributed by atoms with Gasteiger partial charge in [0, 0.05) is 17.3 Å². The number of nitrogens with one attached hydrogen (secondary N) is 2. The molecule has 0 spiro atoms. The third-order valence-electron chi connectivity index (χ3n) is 2.44. The number of anilines is 1. The molecule has 0 amide bonds. The lowest BCUT2D eigenvalue weighted by molar-refractivity contribution is 0.628. The van der Waals surface area contributed by atoms with Crippen LogP contribution in [0.25, 0.3) is 0 Å². The van der Waals surface area contributed by atoms with Crippen LogP contribution in [0.2, 0.25) is 5.02 Å². The third kappa shape index (κ3) is 4.50. The molecule has 2 aromatic carbocycles. The van der Waals surface area contributed by atoms with Crippen molar-refractivity contribution in [2.45, 2.75) is 6.54 Å². The normalized spacial score (nSPS) is 10.0. The van der Waals surface area contributed by atoms with Gasteiger partial charge in [-0.1, -0.05) is 23.7 Å². The number of rotatable bonds is 3. The zero-order valence-electron chi connectivity index (χ0n) is 9.99. The Morgan fingerprint density at radius 2 is 1.89 bits per heavy atom. The quantitative estimate of drug-likeness (QED) is 0.838. The number of thiocarbonyl (C=S) groups is 1. The predicted molar refractivity (Wildman–Crippen MR) is 80.9 cm³/mol. The standard InChI is InChI=1S/C14H12ClFN2S/c15-11-3-1-2-10(8-11)9-17-14(19)18-13-6-4-12(16)5-7-13/h1-8H,9H2,(H2,17,18,19). The molecular formula is C14H12ClFN2S. The minimum atomic E-state index is -0.275. The van der Waals surface area contributed by atoms with Crippen molar-refractivity contribution in [1.29, 1.82) is 0 Å². The molecule has 2 aromatic rings. The molecule has 2 N–H and O–H groups in total. The molecule has 0 saturated carbocycles. The molecule has 0 fully saturated rings. The van der Waals surface area contributed by atoms with Crippen LogP contribution in [0.4, 0.5) is 10.1 Å². The molecule has 98 valence electrons. The Bertz CT molecular complexity index is 572. The van der Waals surface area contributed by atoms with Gasteiger partial charge in [-0.05, 0) is 54.2 Å². The molecule has 0 saturated heterocycles. The maximum Gasteiger partial charge on any atom is 0.171 e. The van der Waals surface area contributed by atoms with Crippen LogP contribution in [0.3, 0.4) is 0 Å². The SMILES string of the molecule is Fc1ccc(NC(=S)NCc2cccc(Cl)c2)cc1. The van der Waals surface area contributed by atoms with Gasteiger partial charge in [0.05, 0.1) is 0 Å². The van der Waals surface area contributed by atoms with E-state index in [-0.39, 0.29) is 5.82 Å². The van der Waals surface area contributed by atoms with Crippen molar-refractivity contribution in [2.24, 2.45) is 0 Å². The van der Waals surface area contributed by atoms with Crippen LogP contribution < -0.4 is 10.6 Å². The number of halogens is 2. The molecular weight excluding hydrogens is 283 g/mol. The molecule has 0 atom stereocenters. The molecule has 0 bridgehead atoms. The van der Waals surface area contributed by atoms with Crippen LogP contribution in [-0.2, 0) is 6.54 Å². The highest BCUT2D eigenvalue weighted by Crippen LogP contribution is 2.11. The van der Waals surface area contributed by atoms with Gasteiger partial charge in [-0.3, -0.25) is 0 Å². The first-order chi connectivity index (χ1) is 9.13. The summed E-state index contributed by atoms with van der Waals surface area (Å²) in [7, 11) is 0. The molecule has 5 heteroatoms. The lowest BCUT2D eigenvalue weighted by atomic mass is 10.2. The van der Waals surface area contributed by atoms with E-state index >= 15 is 0 Å². The lowest BCUT2D eigenvalue weighted by Gasteiger charge is -2.10. The van der Waals surface area contributed by atoms with Crippen molar-refractivity contribution in [3.63, 3.8) is 0 Å². The van der Waals surface area contributed by atoms with E-state index in [1.807, 2.05) is 24.3 Å². The van der Waals surface area contributed by atoms with E-state index in [1.54, 1.807) is 12.1 Å².